The molecule has 3 heterocycles. The number of pyridine rings is 1. The van der Waals surface area contributed by atoms with E-state index in [1.54, 1.807) is 23.6 Å². The molecule has 0 radical (unpaired) electrons. The first-order valence-electron chi connectivity index (χ1n) is 8.54. The van der Waals surface area contributed by atoms with Crippen LogP contribution in [0.5, 0.6) is 0 Å². The van der Waals surface area contributed by atoms with Gasteiger partial charge in [0.05, 0.1) is 29.6 Å². The number of rotatable bonds is 4. The van der Waals surface area contributed by atoms with Crippen molar-refractivity contribution in [2.45, 2.75) is 13.0 Å². The van der Waals surface area contributed by atoms with Gasteiger partial charge in [0.25, 0.3) is 0 Å². The molecule has 3 N–H and O–H groups in total. The summed E-state index contributed by atoms with van der Waals surface area (Å²) in [6.45, 7) is 1.75. The average molecular weight is 392 g/mol. The molecule has 144 valence electrons. The molecule has 0 aliphatic rings. The molecule has 3 aromatic heterocycles. The van der Waals surface area contributed by atoms with Crippen LogP contribution in [-0.2, 0) is 0 Å². The third-order valence-electron chi connectivity index (χ3n) is 4.34. The number of hydrogen-bond acceptors (Lipinski definition) is 7. The fourth-order valence-corrected chi connectivity index (χ4v) is 3.06. The van der Waals surface area contributed by atoms with Gasteiger partial charge in [-0.3, -0.25) is 9.55 Å². The van der Waals surface area contributed by atoms with Gasteiger partial charge >= 0.3 is 0 Å². The smallest absolute Gasteiger partial charge is 0.151 e. The van der Waals surface area contributed by atoms with Crippen molar-refractivity contribution < 1.29 is 8.78 Å². The van der Waals surface area contributed by atoms with Gasteiger partial charge in [-0.25, -0.2) is 23.7 Å². The molecule has 10 heteroatoms. The van der Waals surface area contributed by atoms with Crippen molar-refractivity contribution in [3.8, 4) is 11.8 Å². The lowest BCUT2D eigenvalue weighted by atomic mass is 10.2. The quantitative estimate of drug-likeness (QED) is 0.548. The average Bonchev–Trinajstić information content (AvgIpc) is 3.09. The van der Waals surface area contributed by atoms with Crippen molar-refractivity contribution in [3.63, 3.8) is 0 Å². The van der Waals surface area contributed by atoms with Gasteiger partial charge in [0.15, 0.2) is 5.82 Å². The highest BCUT2D eigenvalue weighted by Gasteiger charge is 2.22. The van der Waals surface area contributed by atoms with Crippen molar-refractivity contribution in [1.82, 2.24) is 24.5 Å². The van der Waals surface area contributed by atoms with E-state index in [0.29, 0.717) is 17.0 Å². The summed E-state index contributed by atoms with van der Waals surface area (Å²) in [6, 6.07) is 7.20. The number of benzene rings is 1. The summed E-state index contributed by atoms with van der Waals surface area (Å²) in [5.41, 5.74) is 6.77. The monoisotopic (exact) mass is 392 g/mol. The van der Waals surface area contributed by atoms with E-state index < -0.39 is 17.7 Å². The number of halogens is 2. The van der Waals surface area contributed by atoms with E-state index in [-0.39, 0.29) is 22.7 Å². The van der Waals surface area contributed by atoms with E-state index in [1.807, 2.05) is 6.07 Å². The Kier molecular flexibility index (Phi) is 4.48. The predicted octanol–water partition coefficient (Wildman–Crippen LogP) is 3.12. The molecule has 1 aromatic carbocycles. The zero-order valence-electron chi connectivity index (χ0n) is 15.1. The van der Waals surface area contributed by atoms with Crippen LogP contribution in [-0.4, -0.2) is 24.5 Å². The molecule has 0 saturated heterocycles. The Balaban J connectivity index is 1.88. The van der Waals surface area contributed by atoms with Gasteiger partial charge < -0.3 is 11.1 Å². The highest BCUT2D eigenvalue weighted by molar-refractivity contribution is 5.79. The van der Waals surface area contributed by atoms with Crippen LogP contribution in [0.25, 0.3) is 16.7 Å². The minimum absolute atomic E-state index is 0.0334. The lowest BCUT2D eigenvalue weighted by Gasteiger charge is -2.17. The number of nitrogens with one attached hydrogen (secondary N) is 1. The Hall–Kier alpha value is -4.13. The minimum Gasteiger partial charge on any atom is -0.382 e. The first-order valence-corrected chi connectivity index (χ1v) is 8.54. The maximum atomic E-state index is 14.4. The summed E-state index contributed by atoms with van der Waals surface area (Å²) in [6.07, 6.45) is 3.76. The van der Waals surface area contributed by atoms with Crippen LogP contribution in [0, 0.1) is 23.0 Å². The molecule has 29 heavy (non-hydrogen) atoms. The maximum Gasteiger partial charge on any atom is 0.151 e. The molecular formula is C19H14F2N8. The van der Waals surface area contributed by atoms with Crippen molar-refractivity contribution in [2.24, 2.45) is 0 Å². The number of nitrogen functional groups attached to an aromatic ring is 1. The van der Waals surface area contributed by atoms with Crippen LogP contribution in [0.4, 0.5) is 20.4 Å². The Morgan fingerprint density at radius 3 is 2.83 bits per heavy atom. The first kappa shape index (κ1) is 18.2. The molecule has 4 rings (SSSR count). The van der Waals surface area contributed by atoms with Gasteiger partial charge in [-0.05, 0) is 19.1 Å². The van der Waals surface area contributed by atoms with Crippen LogP contribution in [0.1, 0.15) is 24.4 Å². The summed E-state index contributed by atoms with van der Waals surface area (Å²) in [5.74, 6) is -0.431. The Labute approximate surface area is 163 Å². The largest absolute Gasteiger partial charge is 0.382 e. The number of nitrogens with zero attached hydrogens (tertiary/aromatic N) is 6. The summed E-state index contributed by atoms with van der Waals surface area (Å²) in [4.78, 5) is 16.1. The molecule has 0 bridgehead atoms. The number of fused-ring (bicyclic) bond motifs is 1. The van der Waals surface area contributed by atoms with E-state index in [9.17, 15) is 14.0 Å². The molecule has 0 amide bonds. The molecule has 1 atom stereocenters. The highest BCUT2D eigenvalue weighted by Crippen LogP contribution is 2.29. The lowest BCUT2D eigenvalue weighted by molar-refractivity contribution is 0.619. The Morgan fingerprint density at radius 1 is 1.24 bits per heavy atom. The van der Waals surface area contributed by atoms with Crippen LogP contribution in [0.2, 0.25) is 0 Å². The first-order chi connectivity index (χ1) is 14.0. The molecule has 0 aliphatic heterocycles. The number of aromatic nitrogens is 5. The second-order valence-electron chi connectivity index (χ2n) is 6.23. The van der Waals surface area contributed by atoms with Crippen molar-refractivity contribution in [3.05, 3.63) is 66.0 Å². The zero-order chi connectivity index (χ0) is 20.5. The fourth-order valence-electron chi connectivity index (χ4n) is 3.06. The molecule has 0 fully saturated rings. The minimum atomic E-state index is -0.550. The van der Waals surface area contributed by atoms with E-state index in [4.69, 9.17) is 5.73 Å². The number of hydrogen-bond donors (Lipinski definition) is 2. The second-order valence-corrected chi connectivity index (χ2v) is 6.23. The SMILES string of the molecule is C[C@@H](Nc1ncnc(N)c1C#N)c1nc2c(F)cccc2n1-c1cncc(F)c1. The standard InChI is InChI=1S/C19H14F2N8/c1-10(27-18-13(6-22)17(23)25-9-26-18)19-28-16-14(21)3-2-4-15(16)29(19)12-5-11(20)7-24-8-12/h2-5,7-10H,1H3,(H3,23,25,26,27)/t10-/m1/s1. The lowest BCUT2D eigenvalue weighted by Crippen LogP contribution is -2.15. The fraction of sp³-hybridized carbons (Fsp3) is 0.105. The number of imidazole rings is 1. The second kappa shape index (κ2) is 7.12. The Bertz CT molecular complexity index is 1260. The van der Waals surface area contributed by atoms with Gasteiger partial charge in [0.2, 0.25) is 0 Å². The molecule has 0 saturated carbocycles. The number of para-hydroxylation sites is 1. The molecular weight excluding hydrogens is 378 g/mol. The maximum absolute atomic E-state index is 14.4. The summed E-state index contributed by atoms with van der Waals surface area (Å²) >= 11 is 0. The van der Waals surface area contributed by atoms with Crippen LogP contribution in [0.15, 0.2) is 43.0 Å². The van der Waals surface area contributed by atoms with Gasteiger partial charge in [0.1, 0.15) is 46.8 Å². The molecule has 4 aromatic rings. The molecule has 0 unspecified atom stereocenters. The molecule has 0 aliphatic carbocycles. The van der Waals surface area contributed by atoms with Gasteiger partial charge in [-0.1, -0.05) is 6.07 Å². The Morgan fingerprint density at radius 2 is 2.07 bits per heavy atom. The highest BCUT2D eigenvalue weighted by atomic mass is 19.1. The third kappa shape index (κ3) is 3.19. The summed E-state index contributed by atoms with van der Waals surface area (Å²) in [7, 11) is 0. The molecule has 8 nitrogen and oxygen atoms in total. The van der Waals surface area contributed by atoms with E-state index >= 15 is 0 Å². The predicted molar refractivity (Wildman–Crippen MR) is 102 cm³/mol. The number of anilines is 2. The van der Waals surface area contributed by atoms with Crippen LogP contribution >= 0.6 is 0 Å². The number of nitriles is 1. The van der Waals surface area contributed by atoms with Gasteiger partial charge in [-0.2, -0.15) is 5.26 Å². The van der Waals surface area contributed by atoms with E-state index in [1.165, 1.54) is 24.7 Å². The van der Waals surface area contributed by atoms with Crippen molar-refractivity contribution >= 4 is 22.7 Å². The summed E-state index contributed by atoms with van der Waals surface area (Å²) < 4.78 is 29.8. The van der Waals surface area contributed by atoms with E-state index in [2.05, 4.69) is 25.3 Å². The topological polar surface area (TPSA) is 118 Å². The van der Waals surface area contributed by atoms with E-state index in [0.717, 1.165) is 6.20 Å². The molecule has 0 spiro atoms. The zero-order valence-corrected chi connectivity index (χ0v) is 15.1. The third-order valence-corrected chi connectivity index (χ3v) is 4.34. The normalized spacial score (nSPS) is 11.9. The van der Waals surface area contributed by atoms with Crippen molar-refractivity contribution in [1.29, 1.82) is 5.26 Å². The van der Waals surface area contributed by atoms with Gasteiger partial charge in [-0.15, -0.1) is 0 Å². The van der Waals surface area contributed by atoms with Gasteiger partial charge in [0, 0.05) is 6.07 Å². The van der Waals surface area contributed by atoms with Crippen LogP contribution < -0.4 is 11.1 Å². The number of nitrogens with two attached hydrogens (primary N) is 1. The van der Waals surface area contributed by atoms with Crippen LogP contribution in [0.3, 0.4) is 0 Å². The van der Waals surface area contributed by atoms with Crippen molar-refractivity contribution in [2.75, 3.05) is 11.1 Å². The summed E-state index contributed by atoms with van der Waals surface area (Å²) in [5, 5.41) is 12.4.